The smallest absolute Gasteiger partial charge is 0.341 e. The minimum atomic E-state index is -3.80. The van der Waals surface area contributed by atoms with Crippen molar-refractivity contribution in [2.45, 2.75) is 32.2 Å². The van der Waals surface area contributed by atoms with Crippen LogP contribution in [-0.4, -0.2) is 27.4 Å². The SMILES string of the molecule is COC(=O)c1cc(CNC(=O)c2ccc(S(=O)(=O)Nc3cccc(C)c3C)cc2)oc1C. The zero-order valence-corrected chi connectivity index (χ0v) is 19.0. The van der Waals surface area contributed by atoms with Gasteiger partial charge < -0.3 is 14.5 Å². The number of ether oxygens (including phenoxy) is 1. The van der Waals surface area contributed by atoms with Gasteiger partial charge in [-0.1, -0.05) is 12.1 Å². The molecule has 0 fully saturated rings. The highest BCUT2D eigenvalue weighted by atomic mass is 32.2. The van der Waals surface area contributed by atoms with Gasteiger partial charge in [0.25, 0.3) is 15.9 Å². The molecule has 1 aromatic heterocycles. The predicted molar refractivity (Wildman–Crippen MR) is 119 cm³/mol. The van der Waals surface area contributed by atoms with Crippen LogP contribution in [0.3, 0.4) is 0 Å². The van der Waals surface area contributed by atoms with Gasteiger partial charge in [-0.25, -0.2) is 13.2 Å². The van der Waals surface area contributed by atoms with Crippen molar-refractivity contribution in [3.8, 4) is 0 Å². The van der Waals surface area contributed by atoms with Crippen molar-refractivity contribution in [1.82, 2.24) is 5.32 Å². The van der Waals surface area contributed by atoms with Gasteiger partial charge in [0.2, 0.25) is 0 Å². The summed E-state index contributed by atoms with van der Waals surface area (Å²) in [5.74, 6) is -0.139. The molecule has 9 heteroatoms. The van der Waals surface area contributed by atoms with Gasteiger partial charge in [0.15, 0.2) is 0 Å². The second-order valence-electron chi connectivity index (χ2n) is 7.23. The second kappa shape index (κ2) is 9.27. The Morgan fingerprint density at radius 1 is 1.03 bits per heavy atom. The van der Waals surface area contributed by atoms with Crippen LogP contribution >= 0.6 is 0 Å². The van der Waals surface area contributed by atoms with E-state index in [0.29, 0.717) is 22.8 Å². The molecular formula is C23H24N2O6S. The van der Waals surface area contributed by atoms with Gasteiger partial charge >= 0.3 is 5.97 Å². The summed E-state index contributed by atoms with van der Waals surface area (Å²) in [6.07, 6.45) is 0. The van der Waals surface area contributed by atoms with E-state index in [1.165, 1.54) is 37.4 Å². The first kappa shape index (κ1) is 23.1. The highest BCUT2D eigenvalue weighted by molar-refractivity contribution is 7.92. The quantitative estimate of drug-likeness (QED) is 0.524. The number of amides is 1. The van der Waals surface area contributed by atoms with Gasteiger partial charge in [-0.2, -0.15) is 0 Å². The summed E-state index contributed by atoms with van der Waals surface area (Å²) in [7, 11) is -2.53. The Bertz CT molecular complexity index is 1260. The van der Waals surface area contributed by atoms with E-state index in [1.807, 2.05) is 19.9 Å². The third-order valence-electron chi connectivity index (χ3n) is 5.07. The minimum absolute atomic E-state index is 0.0411. The summed E-state index contributed by atoms with van der Waals surface area (Å²) in [5, 5.41) is 2.67. The number of nitrogens with one attached hydrogen (secondary N) is 2. The zero-order chi connectivity index (χ0) is 23.5. The van der Waals surface area contributed by atoms with Gasteiger partial charge in [0.05, 0.1) is 24.2 Å². The number of hydrogen-bond acceptors (Lipinski definition) is 6. The maximum atomic E-state index is 12.7. The van der Waals surface area contributed by atoms with E-state index < -0.39 is 21.9 Å². The topological polar surface area (TPSA) is 115 Å². The average Bonchev–Trinajstić information content (AvgIpc) is 3.15. The van der Waals surface area contributed by atoms with Crippen LogP contribution < -0.4 is 10.0 Å². The number of esters is 1. The minimum Gasteiger partial charge on any atom is -0.465 e. The Morgan fingerprint density at radius 2 is 1.72 bits per heavy atom. The lowest BCUT2D eigenvalue weighted by Gasteiger charge is -2.12. The molecule has 0 aliphatic carbocycles. The van der Waals surface area contributed by atoms with Crippen molar-refractivity contribution >= 4 is 27.6 Å². The zero-order valence-electron chi connectivity index (χ0n) is 18.2. The largest absolute Gasteiger partial charge is 0.465 e. The summed E-state index contributed by atoms with van der Waals surface area (Å²) in [4.78, 5) is 24.1. The molecule has 0 atom stereocenters. The van der Waals surface area contributed by atoms with Crippen molar-refractivity contribution < 1.29 is 27.2 Å². The van der Waals surface area contributed by atoms with Crippen LogP contribution in [0.2, 0.25) is 0 Å². The Balaban J connectivity index is 1.67. The van der Waals surface area contributed by atoms with E-state index >= 15 is 0 Å². The molecule has 0 radical (unpaired) electrons. The highest BCUT2D eigenvalue weighted by Gasteiger charge is 2.18. The van der Waals surface area contributed by atoms with Crippen LogP contribution in [0, 0.1) is 20.8 Å². The van der Waals surface area contributed by atoms with E-state index in [2.05, 4.69) is 14.8 Å². The van der Waals surface area contributed by atoms with Crippen molar-refractivity contribution in [2.24, 2.45) is 0 Å². The Morgan fingerprint density at radius 3 is 2.38 bits per heavy atom. The molecule has 8 nitrogen and oxygen atoms in total. The molecule has 1 amide bonds. The van der Waals surface area contributed by atoms with Gasteiger partial charge in [0.1, 0.15) is 17.1 Å². The maximum absolute atomic E-state index is 12.7. The van der Waals surface area contributed by atoms with Crippen molar-refractivity contribution in [3.05, 3.63) is 82.3 Å². The summed E-state index contributed by atoms with van der Waals surface area (Å²) in [6, 6.07) is 12.5. The number of hydrogen-bond donors (Lipinski definition) is 2. The van der Waals surface area contributed by atoms with E-state index in [4.69, 9.17) is 4.42 Å². The molecule has 3 aromatic rings. The number of benzene rings is 2. The van der Waals surface area contributed by atoms with Gasteiger partial charge in [0, 0.05) is 5.56 Å². The molecule has 168 valence electrons. The van der Waals surface area contributed by atoms with Gasteiger partial charge in [-0.3, -0.25) is 9.52 Å². The van der Waals surface area contributed by atoms with Crippen molar-refractivity contribution in [3.63, 3.8) is 0 Å². The van der Waals surface area contributed by atoms with Crippen LogP contribution in [-0.2, 0) is 21.3 Å². The molecule has 32 heavy (non-hydrogen) atoms. The molecule has 0 spiro atoms. The first-order valence-corrected chi connectivity index (χ1v) is 11.3. The number of anilines is 1. The van der Waals surface area contributed by atoms with E-state index in [1.54, 1.807) is 19.1 Å². The second-order valence-corrected chi connectivity index (χ2v) is 8.92. The summed E-state index contributed by atoms with van der Waals surface area (Å²) in [6.45, 7) is 5.43. The van der Waals surface area contributed by atoms with Crippen LogP contribution in [0.15, 0.2) is 57.8 Å². The molecule has 0 bridgehead atoms. The molecule has 0 saturated carbocycles. The maximum Gasteiger partial charge on any atom is 0.341 e. The van der Waals surface area contributed by atoms with Crippen LogP contribution in [0.4, 0.5) is 5.69 Å². The van der Waals surface area contributed by atoms with Crippen LogP contribution in [0.25, 0.3) is 0 Å². The normalized spacial score (nSPS) is 11.1. The van der Waals surface area contributed by atoms with E-state index in [0.717, 1.165) is 11.1 Å². The number of furan rings is 1. The fourth-order valence-corrected chi connectivity index (χ4v) is 4.19. The highest BCUT2D eigenvalue weighted by Crippen LogP contribution is 2.22. The fourth-order valence-electron chi connectivity index (χ4n) is 3.06. The van der Waals surface area contributed by atoms with E-state index in [9.17, 15) is 18.0 Å². The molecule has 3 rings (SSSR count). The molecule has 2 aromatic carbocycles. The number of aryl methyl sites for hydroxylation is 2. The first-order valence-electron chi connectivity index (χ1n) is 9.77. The van der Waals surface area contributed by atoms with Gasteiger partial charge in [-0.05, 0) is 68.3 Å². The number of sulfonamides is 1. The average molecular weight is 457 g/mol. The lowest BCUT2D eigenvalue weighted by molar-refractivity contribution is 0.0598. The Labute approximate surface area is 186 Å². The third-order valence-corrected chi connectivity index (χ3v) is 6.45. The van der Waals surface area contributed by atoms with Crippen molar-refractivity contribution in [2.75, 3.05) is 11.8 Å². The monoisotopic (exact) mass is 456 g/mol. The summed E-state index contributed by atoms with van der Waals surface area (Å²) in [5.41, 5.74) is 2.90. The number of carbonyl (C=O) groups is 2. The van der Waals surface area contributed by atoms with Gasteiger partial charge in [-0.15, -0.1) is 0 Å². The lowest BCUT2D eigenvalue weighted by Crippen LogP contribution is -2.22. The number of rotatable bonds is 7. The van der Waals surface area contributed by atoms with E-state index in [-0.39, 0.29) is 17.0 Å². The third kappa shape index (κ3) is 5.00. The first-order chi connectivity index (χ1) is 15.1. The molecule has 2 N–H and O–H groups in total. The Hall–Kier alpha value is -3.59. The number of carbonyl (C=O) groups excluding carboxylic acids is 2. The number of methoxy groups -OCH3 is 1. The molecular weight excluding hydrogens is 432 g/mol. The molecule has 0 unspecified atom stereocenters. The predicted octanol–water partition coefficient (Wildman–Crippen LogP) is 3.72. The van der Waals surface area contributed by atoms with Crippen LogP contribution in [0.1, 0.15) is 43.4 Å². The Kier molecular flexibility index (Phi) is 6.69. The summed E-state index contributed by atoms with van der Waals surface area (Å²) >= 11 is 0. The standard InChI is InChI=1S/C23H24N2O6S/c1-14-6-5-7-21(15(14)2)25-32(28,29)19-10-8-17(9-11-19)22(26)24-13-18-12-20(16(3)31-18)23(27)30-4/h5-12,25H,13H2,1-4H3,(H,24,26). The van der Waals surface area contributed by atoms with Crippen molar-refractivity contribution in [1.29, 1.82) is 0 Å². The lowest BCUT2D eigenvalue weighted by atomic mass is 10.1. The molecule has 1 heterocycles. The molecule has 0 aliphatic rings. The fraction of sp³-hybridized carbons (Fsp3) is 0.217. The molecule has 0 aliphatic heterocycles. The summed E-state index contributed by atoms with van der Waals surface area (Å²) < 4.78 is 38.1. The molecule has 0 saturated heterocycles. The van der Waals surface area contributed by atoms with Crippen LogP contribution in [0.5, 0.6) is 0 Å².